The third-order valence-electron chi connectivity index (χ3n) is 7.86. The van der Waals surface area contributed by atoms with Crippen LogP contribution in [0.2, 0.25) is 0 Å². The lowest BCUT2D eigenvalue weighted by Crippen LogP contribution is -2.29. The quantitative estimate of drug-likeness (QED) is 0.257. The molecule has 0 heterocycles. The minimum absolute atomic E-state index is 0.337. The lowest BCUT2D eigenvalue weighted by Gasteiger charge is -2.34. The summed E-state index contributed by atoms with van der Waals surface area (Å²) >= 11 is 0. The van der Waals surface area contributed by atoms with Crippen LogP contribution in [-0.4, -0.2) is 0 Å². The van der Waals surface area contributed by atoms with Crippen molar-refractivity contribution >= 4 is 0 Å². The summed E-state index contributed by atoms with van der Waals surface area (Å²) in [6.45, 7) is 4.41. The van der Waals surface area contributed by atoms with Gasteiger partial charge in [-0.15, -0.1) is 0 Å². The molecule has 0 fully saturated rings. The van der Waals surface area contributed by atoms with E-state index in [1.54, 1.807) is 0 Å². The highest BCUT2D eigenvalue weighted by Crippen LogP contribution is 2.58. The molecule has 0 saturated carbocycles. The van der Waals surface area contributed by atoms with Crippen LogP contribution in [0.1, 0.15) is 44.5 Å². The first-order valence-electron chi connectivity index (χ1n) is 12.2. The molecular weight excluding hydrogens is 408 g/mol. The first-order valence-corrected chi connectivity index (χ1v) is 12.2. The molecule has 162 valence electrons. The van der Waals surface area contributed by atoms with Gasteiger partial charge in [-0.05, 0) is 88.0 Å². The number of rotatable bonds is 2. The van der Waals surface area contributed by atoms with Crippen LogP contribution in [0.5, 0.6) is 0 Å². The highest BCUT2D eigenvalue weighted by molar-refractivity contribution is 5.91. The van der Waals surface area contributed by atoms with E-state index in [0.717, 1.165) is 6.42 Å². The number of hydrogen-bond acceptors (Lipinski definition) is 0. The van der Waals surface area contributed by atoms with Gasteiger partial charge in [0.25, 0.3) is 0 Å². The van der Waals surface area contributed by atoms with Gasteiger partial charge >= 0.3 is 0 Å². The molecule has 7 rings (SSSR count). The smallest absolute Gasteiger partial charge is 0.0619 e. The van der Waals surface area contributed by atoms with Gasteiger partial charge in [-0.3, -0.25) is 0 Å². The Morgan fingerprint density at radius 3 is 1.82 bits per heavy atom. The average molecular weight is 435 g/mol. The van der Waals surface area contributed by atoms with Crippen LogP contribution >= 0.6 is 0 Å². The van der Waals surface area contributed by atoms with E-state index in [2.05, 4.69) is 123 Å². The lowest BCUT2D eigenvalue weighted by atomic mass is 9.67. The summed E-state index contributed by atoms with van der Waals surface area (Å²) in [5.74, 6) is 0. The van der Waals surface area contributed by atoms with Crippen LogP contribution < -0.4 is 0 Å². The molecule has 34 heavy (non-hydrogen) atoms. The standard InChI is InChI=1S/C34H26/c1-22-9-7-12-26(17-22)34(27-13-8-10-23(2)18-27)32-16-6-5-15-29(32)31-20-25-19-24-11-3-4-14-28(24)30(25)21-33(31)34/h3-18,20-21H,19H2,1-2H3. The topological polar surface area (TPSA) is 0 Å². The molecule has 5 aromatic carbocycles. The fourth-order valence-electron chi connectivity index (χ4n) is 6.45. The van der Waals surface area contributed by atoms with E-state index in [4.69, 9.17) is 0 Å². The fraction of sp³-hybridized carbons (Fsp3) is 0.118. The Bertz CT molecular complexity index is 1560. The van der Waals surface area contributed by atoms with Crippen molar-refractivity contribution in [3.8, 4) is 22.3 Å². The van der Waals surface area contributed by atoms with Crippen molar-refractivity contribution in [2.75, 3.05) is 0 Å². The number of fused-ring (bicyclic) bond motifs is 6. The summed E-state index contributed by atoms with van der Waals surface area (Å²) in [7, 11) is 0. The highest BCUT2D eigenvalue weighted by atomic mass is 14.5. The Morgan fingerprint density at radius 2 is 1.12 bits per heavy atom. The molecule has 0 amide bonds. The molecule has 0 aliphatic heterocycles. The highest BCUT2D eigenvalue weighted by Gasteiger charge is 2.46. The van der Waals surface area contributed by atoms with Crippen LogP contribution in [-0.2, 0) is 11.8 Å². The summed E-state index contributed by atoms with van der Waals surface area (Å²) in [4.78, 5) is 0. The normalized spacial score (nSPS) is 14.3. The Labute approximate surface area is 201 Å². The largest absolute Gasteiger partial charge is 0.0713 e. The Morgan fingerprint density at radius 1 is 0.471 bits per heavy atom. The molecule has 2 aliphatic rings. The summed E-state index contributed by atoms with van der Waals surface area (Å²) in [5.41, 5.74) is 16.1. The summed E-state index contributed by atoms with van der Waals surface area (Å²) in [5, 5.41) is 0. The van der Waals surface area contributed by atoms with Crippen LogP contribution in [0.25, 0.3) is 22.3 Å². The van der Waals surface area contributed by atoms with E-state index in [9.17, 15) is 0 Å². The minimum Gasteiger partial charge on any atom is -0.0619 e. The molecule has 0 spiro atoms. The lowest BCUT2D eigenvalue weighted by molar-refractivity contribution is 0.766. The van der Waals surface area contributed by atoms with Crippen molar-refractivity contribution < 1.29 is 0 Å². The van der Waals surface area contributed by atoms with E-state index < -0.39 is 0 Å². The molecule has 5 aromatic rings. The Hall–Kier alpha value is -3.90. The molecule has 2 aliphatic carbocycles. The molecule has 0 bridgehead atoms. The third kappa shape index (κ3) is 2.54. The molecular formula is C34H26. The molecule has 0 saturated heterocycles. The second-order valence-corrected chi connectivity index (χ2v) is 9.92. The van der Waals surface area contributed by atoms with E-state index in [1.165, 1.54) is 66.8 Å². The van der Waals surface area contributed by atoms with Crippen LogP contribution in [0.15, 0.2) is 109 Å². The van der Waals surface area contributed by atoms with Gasteiger partial charge in [0.1, 0.15) is 0 Å². The van der Waals surface area contributed by atoms with E-state index in [1.807, 2.05) is 0 Å². The van der Waals surface area contributed by atoms with E-state index >= 15 is 0 Å². The van der Waals surface area contributed by atoms with Gasteiger partial charge in [0.15, 0.2) is 0 Å². The molecule has 0 N–H and O–H groups in total. The first kappa shape index (κ1) is 19.6. The average Bonchev–Trinajstić information content (AvgIpc) is 3.36. The molecule has 0 radical (unpaired) electrons. The number of benzene rings is 5. The van der Waals surface area contributed by atoms with Gasteiger partial charge in [0.05, 0.1) is 5.41 Å². The molecule has 0 unspecified atom stereocenters. The van der Waals surface area contributed by atoms with Gasteiger partial charge in [-0.2, -0.15) is 0 Å². The van der Waals surface area contributed by atoms with Gasteiger partial charge in [0.2, 0.25) is 0 Å². The monoisotopic (exact) mass is 434 g/mol. The first-order chi connectivity index (χ1) is 16.7. The van der Waals surface area contributed by atoms with Crippen molar-refractivity contribution in [3.63, 3.8) is 0 Å². The van der Waals surface area contributed by atoms with Crippen LogP contribution in [0, 0.1) is 13.8 Å². The maximum absolute atomic E-state index is 2.52. The predicted molar refractivity (Wildman–Crippen MR) is 141 cm³/mol. The van der Waals surface area contributed by atoms with Gasteiger partial charge in [0, 0.05) is 0 Å². The van der Waals surface area contributed by atoms with Gasteiger partial charge in [-0.1, -0.05) is 108 Å². The van der Waals surface area contributed by atoms with Crippen molar-refractivity contribution in [3.05, 3.63) is 154 Å². The fourth-order valence-corrected chi connectivity index (χ4v) is 6.45. The molecule has 0 atom stereocenters. The summed E-state index contributed by atoms with van der Waals surface area (Å²) in [6.07, 6.45) is 1.02. The Kier molecular flexibility index (Phi) is 4.05. The van der Waals surface area contributed by atoms with Crippen molar-refractivity contribution in [2.45, 2.75) is 25.7 Å². The van der Waals surface area contributed by atoms with Crippen LogP contribution in [0.3, 0.4) is 0 Å². The van der Waals surface area contributed by atoms with Crippen molar-refractivity contribution in [1.82, 2.24) is 0 Å². The number of aryl methyl sites for hydroxylation is 2. The molecule has 0 nitrogen and oxygen atoms in total. The van der Waals surface area contributed by atoms with Crippen molar-refractivity contribution in [2.24, 2.45) is 0 Å². The van der Waals surface area contributed by atoms with Gasteiger partial charge in [-0.25, -0.2) is 0 Å². The van der Waals surface area contributed by atoms with E-state index in [0.29, 0.717) is 0 Å². The second kappa shape index (κ2) is 7.05. The zero-order chi connectivity index (χ0) is 22.9. The maximum atomic E-state index is 2.52. The number of hydrogen-bond donors (Lipinski definition) is 0. The third-order valence-corrected chi connectivity index (χ3v) is 7.86. The zero-order valence-electron chi connectivity index (χ0n) is 19.6. The second-order valence-electron chi connectivity index (χ2n) is 9.92. The van der Waals surface area contributed by atoms with E-state index in [-0.39, 0.29) is 5.41 Å². The van der Waals surface area contributed by atoms with Gasteiger partial charge < -0.3 is 0 Å². The van der Waals surface area contributed by atoms with Crippen molar-refractivity contribution in [1.29, 1.82) is 0 Å². The minimum atomic E-state index is -0.337. The molecule has 0 heteroatoms. The predicted octanol–water partition coefficient (Wildman–Crippen LogP) is 8.24. The zero-order valence-corrected chi connectivity index (χ0v) is 19.6. The molecule has 0 aromatic heterocycles. The Balaban J connectivity index is 1.64. The summed E-state index contributed by atoms with van der Waals surface area (Å²) in [6, 6.07) is 41.2. The SMILES string of the molecule is Cc1cccc(C2(c3cccc(C)c3)c3ccccc3-c3cc4c(cc32)-c2ccccc2C4)c1. The summed E-state index contributed by atoms with van der Waals surface area (Å²) < 4.78 is 0. The van der Waals surface area contributed by atoms with Crippen LogP contribution in [0.4, 0.5) is 0 Å². The maximum Gasteiger partial charge on any atom is 0.0713 e.